The molecule has 1 atom stereocenters. The largest absolute Gasteiger partial charge is 0.387 e. The molecule has 4 nitrogen and oxygen atoms in total. The molecule has 0 amide bonds. The zero-order chi connectivity index (χ0) is 9.97. The number of aromatic nitrogens is 2. The van der Waals surface area contributed by atoms with E-state index in [0.717, 1.165) is 16.6 Å². The Morgan fingerprint density at radius 1 is 1.43 bits per heavy atom. The quantitative estimate of drug-likeness (QED) is 0.676. The number of H-pyrrole nitrogens is 1. The Morgan fingerprint density at radius 2 is 2.21 bits per heavy atom. The third-order valence-electron chi connectivity index (χ3n) is 2.26. The summed E-state index contributed by atoms with van der Waals surface area (Å²) in [6.07, 6.45) is -0.000899. The van der Waals surface area contributed by atoms with Gasteiger partial charge in [0.1, 0.15) is 0 Å². The summed E-state index contributed by atoms with van der Waals surface area (Å²) in [5.41, 5.74) is 7.01. The third kappa shape index (κ3) is 1.49. The van der Waals surface area contributed by atoms with Crippen molar-refractivity contribution in [2.24, 2.45) is 5.73 Å². The van der Waals surface area contributed by atoms with Gasteiger partial charge in [0.2, 0.25) is 0 Å². The maximum Gasteiger partial charge on any atom is 0.0972 e. The predicted octanol–water partition coefficient (Wildman–Crippen LogP) is 0.945. The molecule has 2 rings (SSSR count). The van der Waals surface area contributed by atoms with E-state index in [2.05, 4.69) is 10.2 Å². The standard InChI is InChI=1S/C10H13N3O/c11-6-5-9(14)10-7-3-1-2-4-8(7)12-13-10/h1-4,9,14H,5-6,11H2,(H,12,13)/t9-/m1/s1. The van der Waals surface area contributed by atoms with Crippen LogP contribution in [-0.4, -0.2) is 21.8 Å². The van der Waals surface area contributed by atoms with Crippen molar-refractivity contribution in [2.45, 2.75) is 12.5 Å². The first-order valence-electron chi connectivity index (χ1n) is 4.64. The van der Waals surface area contributed by atoms with Crippen LogP contribution in [0.15, 0.2) is 24.3 Å². The molecule has 0 aliphatic heterocycles. The molecule has 0 spiro atoms. The third-order valence-corrected chi connectivity index (χ3v) is 2.26. The Hall–Kier alpha value is -1.39. The van der Waals surface area contributed by atoms with E-state index >= 15 is 0 Å². The molecule has 0 bridgehead atoms. The first-order chi connectivity index (χ1) is 6.83. The van der Waals surface area contributed by atoms with Crippen molar-refractivity contribution < 1.29 is 5.11 Å². The highest BCUT2D eigenvalue weighted by Gasteiger charge is 2.12. The molecule has 0 saturated heterocycles. The van der Waals surface area contributed by atoms with Crippen LogP contribution in [0.2, 0.25) is 0 Å². The van der Waals surface area contributed by atoms with Gasteiger partial charge in [0.05, 0.1) is 17.3 Å². The molecule has 0 aliphatic carbocycles. The minimum absolute atomic E-state index is 0.467. The molecule has 0 saturated carbocycles. The highest BCUT2D eigenvalue weighted by atomic mass is 16.3. The summed E-state index contributed by atoms with van der Waals surface area (Å²) in [5, 5.41) is 17.7. The Morgan fingerprint density at radius 3 is 3.00 bits per heavy atom. The first kappa shape index (κ1) is 9.18. The lowest BCUT2D eigenvalue weighted by molar-refractivity contribution is 0.167. The molecule has 2 aromatic rings. The van der Waals surface area contributed by atoms with Crippen molar-refractivity contribution in [1.82, 2.24) is 10.2 Å². The number of benzene rings is 1. The number of para-hydroxylation sites is 1. The summed E-state index contributed by atoms with van der Waals surface area (Å²) in [6.45, 7) is 0.467. The molecule has 74 valence electrons. The van der Waals surface area contributed by atoms with Crippen LogP contribution in [0.25, 0.3) is 10.9 Å². The Balaban J connectivity index is 2.42. The Bertz CT molecular complexity index is 424. The monoisotopic (exact) mass is 191 g/mol. The second-order valence-corrected chi connectivity index (χ2v) is 3.25. The van der Waals surface area contributed by atoms with E-state index in [-0.39, 0.29) is 0 Å². The van der Waals surface area contributed by atoms with Crippen LogP contribution >= 0.6 is 0 Å². The summed E-state index contributed by atoms with van der Waals surface area (Å²) in [7, 11) is 0. The summed E-state index contributed by atoms with van der Waals surface area (Å²) >= 11 is 0. The fourth-order valence-corrected chi connectivity index (χ4v) is 1.54. The zero-order valence-corrected chi connectivity index (χ0v) is 7.77. The van der Waals surface area contributed by atoms with Crippen molar-refractivity contribution in [3.8, 4) is 0 Å². The lowest BCUT2D eigenvalue weighted by atomic mass is 10.1. The van der Waals surface area contributed by atoms with E-state index in [1.165, 1.54) is 0 Å². The van der Waals surface area contributed by atoms with Gasteiger partial charge < -0.3 is 10.8 Å². The highest BCUT2D eigenvalue weighted by molar-refractivity contribution is 5.81. The smallest absolute Gasteiger partial charge is 0.0972 e. The number of rotatable bonds is 3. The minimum Gasteiger partial charge on any atom is -0.387 e. The van der Waals surface area contributed by atoms with E-state index in [0.29, 0.717) is 13.0 Å². The summed E-state index contributed by atoms with van der Waals surface area (Å²) < 4.78 is 0. The van der Waals surface area contributed by atoms with Crippen LogP contribution in [-0.2, 0) is 0 Å². The number of hydrogen-bond acceptors (Lipinski definition) is 3. The van der Waals surface area contributed by atoms with Gasteiger partial charge in [-0.25, -0.2) is 0 Å². The van der Waals surface area contributed by atoms with Crippen LogP contribution in [0.4, 0.5) is 0 Å². The van der Waals surface area contributed by atoms with Gasteiger partial charge in [-0.2, -0.15) is 5.10 Å². The van der Waals surface area contributed by atoms with E-state index < -0.39 is 6.10 Å². The average molecular weight is 191 g/mol. The summed E-state index contributed by atoms with van der Waals surface area (Å²) in [5.74, 6) is 0. The van der Waals surface area contributed by atoms with Crippen LogP contribution in [0.5, 0.6) is 0 Å². The lowest BCUT2D eigenvalue weighted by Gasteiger charge is -2.06. The average Bonchev–Trinajstić information content (AvgIpc) is 2.61. The van der Waals surface area contributed by atoms with Crippen molar-refractivity contribution >= 4 is 10.9 Å². The molecule has 1 aromatic carbocycles. The number of nitrogens with one attached hydrogen (secondary N) is 1. The molecule has 0 unspecified atom stereocenters. The number of nitrogens with zero attached hydrogens (tertiary/aromatic N) is 1. The molecule has 0 aliphatic rings. The van der Waals surface area contributed by atoms with Gasteiger partial charge >= 0.3 is 0 Å². The fourth-order valence-electron chi connectivity index (χ4n) is 1.54. The zero-order valence-electron chi connectivity index (χ0n) is 7.77. The summed E-state index contributed by atoms with van der Waals surface area (Å²) in [4.78, 5) is 0. The molecule has 4 heteroatoms. The highest BCUT2D eigenvalue weighted by Crippen LogP contribution is 2.22. The second kappa shape index (κ2) is 3.77. The number of aromatic amines is 1. The van der Waals surface area contributed by atoms with Crippen LogP contribution in [0.3, 0.4) is 0 Å². The van der Waals surface area contributed by atoms with E-state index in [9.17, 15) is 5.11 Å². The van der Waals surface area contributed by atoms with Crippen molar-refractivity contribution in [3.63, 3.8) is 0 Å². The van der Waals surface area contributed by atoms with Gasteiger partial charge in [-0.05, 0) is 19.0 Å². The minimum atomic E-state index is -0.549. The maximum absolute atomic E-state index is 9.76. The van der Waals surface area contributed by atoms with E-state index in [4.69, 9.17) is 5.73 Å². The normalized spacial score (nSPS) is 13.3. The number of aliphatic hydroxyl groups excluding tert-OH is 1. The number of nitrogens with two attached hydrogens (primary N) is 1. The number of aliphatic hydroxyl groups is 1. The fraction of sp³-hybridized carbons (Fsp3) is 0.300. The predicted molar refractivity (Wildman–Crippen MR) is 54.7 cm³/mol. The van der Waals surface area contributed by atoms with Gasteiger partial charge in [-0.1, -0.05) is 18.2 Å². The molecular weight excluding hydrogens is 178 g/mol. The number of fused-ring (bicyclic) bond motifs is 1. The van der Waals surface area contributed by atoms with Gasteiger partial charge in [-0.15, -0.1) is 0 Å². The van der Waals surface area contributed by atoms with Crippen molar-refractivity contribution in [3.05, 3.63) is 30.0 Å². The van der Waals surface area contributed by atoms with Crippen molar-refractivity contribution in [2.75, 3.05) is 6.54 Å². The van der Waals surface area contributed by atoms with Crippen molar-refractivity contribution in [1.29, 1.82) is 0 Å². The van der Waals surface area contributed by atoms with Crippen LogP contribution < -0.4 is 5.73 Å². The molecule has 1 heterocycles. The molecule has 4 N–H and O–H groups in total. The molecule has 14 heavy (non-hydrogen) atoms. The van der Waals surface area contributed by atoms with E-state index in [1.54, 1.807) is 0 Å². The first-order valence-corrected chi connectivity index (χ1v) is 4.64. The topological polar surface area (TPSA) is 74.9 Å². The number of hydrogen-bond donors (Lipinski definition) is 3. The molecule has 0 radical (unpaired) electrons. The second-order valence-electron chi connectivity index (χ2n) is 3.25. The molecule has 0 fully saturated rings. The van der Waals surface area contributed by atoms with Gasteiger partial charge in [0.25, 0.3) is 0 Å². The Labute approximate surface area is 81.7 Å². The molecular formula is C10H13N3O. The SMILES string of the molecule is NCC[C@@H](O)c1[nH]nc2ccccc12. The van der Waals surface area contributed by atoms with E-state index in [1.807, 2.05) is 24.3 Å². The van der Waals surface area contributed by atoms with Gasteiger partial charge in [0.15, 0.2) is 0 Å². The van der Waals surface area contributed by atoms with Crippen LogP contribution in [0, 0.1) is 0 Å². The maximum atomic E-state index is 9.76. The Kier molecular flexibility index (Phi) is 2.47. The molecule has 1 aromatic heterocycles. The van der Waals surface area contributed by atoms with Crippen LogP contribution in [0.1, 0.15) is 18.2 Å². The van der Waals surface area contributed by atoms with Gasteiger partial charge in [0, 0.05) is 5.39 Å². The van der Waals surface area contributed by atoms with Gasteiger partial charge in [-0.3, -0.25) is 5.10 Å². The summed E-state index contributed by atoms with van der Waals surface area (Å²) in [6, 6.07) is 7.69. The lowest BCUT2D eigenvalue weighted by Crippen LogP contribution is -2.07.